The lowest BCUT2D eigenvalue weighted by Gasteiger charge is -2.26. The van der Waals surface area contributed by atoms with E-state index >= 15 is 0 Å². The summed E-state index contributed by atoms with van der Waals surface area (Å²) in [5.74, 6) is -1.90. The van der Waals surface area contributed by atoms with Crippen LogP contribution in [0.4, 0.5) is 0 Å². The van der Waals surface area contributed by atoms with Gasteiger partial charge in [0, 0.05) is 12.2 Å². The third-order valence-corrected chi connectivity index (χ3v) is 4.05. The first-order valence-electron chi connectivity index (χ1n) is 6.35. The molecule has 112 valence electrons. The Morgan fingerprint density at radius 2 is 2.10 bits per heavy atom. The fourth-order valence-electron chi connectivity index (χ4n) is 1.77. The number of carbonyl (C=O) groups excluding carboxylic acids is 2. The van der Waals surface area contributed by atoms with E-state index in [2.05, 4.69) is 10.6 Å². The summed E-state index contributed by atoms with van der Waals surface area (Å²) in [6.07, 6.45) is 3.33. The maximum Gasteiger partial charge on any atom is 0.328 e. The number of thioether (sulfide) groups is 1. The van der Waals surface area contributed by atoms with Gasteiger partial charge >= 0.3 is 5.97 Å². The summed E-state index contributed by atoms with van der Waals surface area (Å²) in [6, 6.07) is -0.719. The largest absolute Gasteiger partial charge is 0.480 e. The minimum absolute atomic E-state index is 0.227. The number of hydrogen-bond donors (Lipinski definition) is 3. The lowest BCUT2D eigenvalue weighted by atomic mass is 10.0. The number of amides is 2. The average molecular weight is 300 g/mol. The lowest BCUT2D eigenvalue weighted by molar-refractivity contribution is -0.146. The average Bonchev–Trinajstić information content (AvgIpc) is 2.79. The Hall–Kier alpha value is -1.50. The predicted octanol–water partition coefficient (Wildman–Crippen LogP) is 0.880. The fraction of sp³-hybridized carbons (Fsp3) is 0.615. The minimum Gasteiger partial charge on any atom is -0.480 e. The van der Waals surface area contributed by atoms with Crippen molar-refractivity contribution in [3.8, 4) is 0 Å². The molecule has 0 fully saturated rings. The van der Waals surface area contributed by atoms with Gasteiger partial charge in [-0.25, -0.2) is 4.79 Å². The van der Waals surface area contributed by atoms with Gasteiger partial charge in [-0.2, -0.15) is 0 Å². The molecule has 20 heavy (non-hydrogen) atoms. The highest BCUT2D eigenvalue weighted by atomic mass is 32.2. The fourth-order valence-corrected chi connectivity index (χ4v) is 2.74. The van der Waals surface area contributed by atoms with Gasteiger partial charge in [0.15, 0.2) is 0 Å². The molecule has 0 saturated carbocycles. The molecule has 0 aliphatic carbocycles. The molecular weight excluding hydrogens is 280 g/mol. The molecule has 3 N–H and O–H groups in total. The topological polar surface area (TPSA) is 95.5 Å². The smallest absolute Gasteiger partial charge is 0.328 e. The first kappa shape index (κ1) is 16.6. The van der Waals surface area contributed by atoms with Crippen LogP contribution in [0.1, 0.15) is 33.6 Å². The van der Waals surface area contributed by atoms with Gasteiger partial charge in [-0.05, 0) is 32.1 Å². The molecule has 6 nitrogen and oxygen atoms in total. The molecule has 1 aliphatic rings. The van der Waals surface area contributed by atoms with Crippen molar-refractivity contribution in [1.82, 2.24) is 10.6 Å². The molecular formula is C13H20N2O4S. The molecule has 1 rings (SSSR count). The maximum absolute atomic E-state index is 12.2. The molecule has 2 atom stereocenters. The molecule has 0 aromatic heterocycles. The third kappa shape index (κ3) is 4.88. The monoisotopic (exact) mass is 300 g/mol. The van der Waals surface area contributed by atoms with Crippen molar-refractivity contribution in [2.45, 2.75) is 50.4 Å². The van der Waals surface area contributed by atoms with Crippen molar-refractivity contribution in [1.29, 1.82) is 0 Å². The van der Waals surface area contributed by atoms with Crippen molar-refractivity contribution in [3.05, 3.63) is 11.5 Å². The van der Waals surface area contributed by atoms with E-state index in [4.69, 9.17) is 5.11 Å². The maximum atomic E-state index is 12.2. The lowest BCUT2D eigenvalue weighted by Crippen LogP contribution is -2.56. The van der Waals surface area contributed by atoms with Crippen LogP contribution >= 0.6 is 11.8 Å². The summed E-state index contributed by atoms with van der Waals surface area (Å²) in [5, 5.41) is 16.3. The van der Waals surface area contributed by atoms with E-state index in [1.807, 2.05) is 11.5 Å². The summed E-state index contributed by atoms with van der Waals surface area (Å²) in [6.45, 7) is 4.15. The van der Waals surface area contributed by atoms with E-state index in [9.17, 15) is 14.4 Å². The molecule has 0 saturated heterocycles. The first-order valence-corrected chi connectivity index (χ1v) is 7.29. The van der Waals surface area contributed by atoms with Crippen LogP contribution in [0.2, 0.25) is 0 Å². The van der Waals surface area contributed by atoms with Crippen molar-refractivity contribution in [2.24, 2.45) is 0 Å². The second-order valence-electron chi connectivity index (χ2n) is 5.27. The van der Waals surface area contributed by atoms with Crippen molar-refractivity contribution in [2.75, 3.05) is 0 Å². The van der Waals surface area contributed by atoms with Gasteiger partial charge in [-0.15, -0.1) is 11.8 Å². The standard InChI is InChI=1S/C13H20N2O4S/c1-8(16)14-10(7-9-5-4-6-20-9)11(17)15-13(2,3)12(18)19/h4,6,9-10H,5,7H2,1-3H3,(H,14,16)(H,15,17)(H,18,19)/t9?,10-/m0/s1. The highest BCUT2D eigenvalue weighted by molar-refractivity contribution is 8.03. The predicted molar refractivity (Wildman–Crippen MR) is 77.2 cm³/mol. The number of aliphatic carboxylic acids is 1. The van der Waals surface area contributed by atoms with Crippen LogP contribution in [-0.4, -0.2) is 39.7 Å². The molecule has 0 spiro atoms. The molecule has 1 unspecified atom stereocenters. The van der Waals surface area contributed by atoms with E-state index in [0.717, 1.165) is 6.42 Å². The molecule has 0 bridgehead atoms. The summed E-state index contributed by atoms with van der Waals surface area (Å²) in [5.41, 5.74) is -1.37. The van der Waals surface area contributed by atoms with Crippen molar-refractivity contribution >= 4 is 29.5 Å². The van der Waals surface area contributed by atoms with Crippen LogP contribution in [0.3, 0.4) is 0 Å². The molecule has 7 heteroatoms. The Labute approximate surface area is 122 Å². The van der Waals surface area contributed by atoms with Gasteiger partial charge < -0.3 is 15.7 Å². The molecule has 2 amide bonds. The Bertz CT molecular complexity index is 426. The summed E-state index contributed by atoms with van der Waals surface area (Å²) >= 11 is 1.61. The zero-order valence-electron chi connectivity index (χ0n) is 11.8. The molecule has 1 heterocycles. The summed E-state index contributed by atoms with van der Waals surface area (Å²) in [7, 11) is 0. The SMILES string of the molecule is CC(=O)N[C@@H](CC1CC=CS1)C(=O)NC(C)(C)C(=O)O. The zero-order chi connectivity index (χ0) is 15.3. The second-order valence-corrected chi connectivity index (χ2v) is 6.48. The highest BCUT2D eigenvalue weighted by Crippen LogP contribution is 2.27. The van der Waals surface area contributed by atoms with Crippen LogP contribution in [0.5, 0.6) is 0 Å². The Morgan fingerprint density at radius 3 is 2.55 bits per heavy atom. The minimum atomic E-state index is -1.37. The summed E-state index contributed by atoms with van der Waals surface area (Å²) < 4.78 is 0. The zero-order valence-corrected chi connectivity index (χ0v) is 12.6. The van der Waals surface area contributed by atoms with E-state index in [1.54, 1.807) is 11.8 Å². The van der Waals surface area contributed by atoms with E-state index in [1.165, 1.54) is 20.8 Å². The van der Waals surface area contributed by atoms with E-state index in [0.29, 0.717) is 6.42 Å². The normalized spacial score (nSPS) is 19.4. The number of carboxylic acids is 1. The van der Waals surface area contributed by atoms with Gasteiger partial charge in [0.05, 0.1) is 0 Å². The first-order chi connectivity index (χ1) is 9.22. The number of carboxylic acid groups (broad SMARTS) is 1. The number of nitrogens with one attached hydrogen (secondary N) is 2. The van der Waals surface area contributed by atoms with Crippen LogP contribution < -0.4 is 10.6 Å². The van der Waals surface area contributed by atoms with Crippen LogP contribution in [0.25, 0.3) is 0 Å². The van der Waals surface area contributed by atoms with Crippen LogP contribution in [-0.2, 0) is 14.4 Å². The van der Waals surface area contributed by atoms with E-state index < -0.39 is 23.5 Å². The summed E-state index contributed by atoms with van der Waals surface area (Å²) in [4.78, 5) is 34.4. The van der Waals surface area contributed by atoms with E-state index in [-0.39, 0.29) is 11.2 Å². The van der Waals surface area contributed by atoms with Crippen molar-refractivity contribution < 1.29 is 19.5 Å². The van der Waals surface area contributed by atoms with Crippen LogP contribution in [0, 0.1) is 0 Å². The molecule has 0 radical (unpaired) electrons. The molecule has 0 aromatic carbocycles. The Morgan fingerprint density at radius 1 is 1.45 bits per heavy atom. The van der Waals surface area contributed by atoms with Gasteiger partial charge in [0.1, 0.15) is 11.6 Å². The Kier molecular flexibility index (Phi) is 5.62. The number of allylic oxidation sites excluding steroid dienone is 1. The number of rotatable bonds is 6. The number of hydrogen-bond acceptors (Lipinski definition) is 4. The third-order valence-electron chi connectivity index (χ3n) is 2.93. The second kappa shape index (κ2) is 6.78. The van der Waals surface area contributed by atoms with Crippen LogP contribution in [0.15, 0.2) is 11.5 Å². The number of carbonyl (C=O) groups is 3. The van der Waals surface area contributed by atoms with Gasteiger partial charge in [-0.3, -0.25) is 9.59 Å². The highest BCUT2D eigenvalue weighted by Gasteiger charge is 2.33. The quantitative estimate of drug-likeness (QED) is 0.677. The molecule has 1 aliphatic heterocycles. The van der Waals surface area contributed by atoms with Gasteiger partial charge in [0.2, 0.25) is 11.8 Å². The van der Waals surface area contributed by atoms with Gasteiger partial charge in [0.25, 0.3) is 0 Å². The Balaban J connectivity index is 2.68. The van der Waals surface area contributed by atoms with Crippen molar-refractivity contribution in [3.63, 3.8) is 0 Å². The molecule has 0 aromatic rings. The van der Waals surface area contributed by atoms with Gasteiger partial charge in [-0.1, -0.05) is 6.08 Å².